The largest absolute Gasteiger partial charge is 0.497 e. The molecule has 1 N–H and O–H groups in total. The van der Waals surface area contributed by atoms with Crippen LogP contribution in [0.3, 0.4) is 0 Å². The van der Waals surface area contributed by atoms with E-state index in [0.29, 0.717) is 36.1 Å². The SMILES string of the molecule is COc1ccc(C(CNC(=O)CCc2ncc(-c3ccccc3Cl)o2)N(C)C)cc1. The van der Waals surface area contributed by atoms with E-state index in [1.54, 1.807) is 19.4 Å². The van der Waals surface area contributed by atoms with Crippen molar-refractivity contribution >= 4 is 17.5 Å². The Bertz CT molecular complexity index is 970. The number of halogens is 1. The van der Waals surface area contributed by atoms with Crippen molar-refractivity contribution in [3.05, 3.63) is 71.2 Å². The molecule has 2 aromatic carbocycles. The normalized spacial score (nSPS) is 12.0. The molecule has 1 aromatic heterocycles. The zero-order valence-electron chi connectivity index (χ0n) is 17.4. The minimum atomic E-state index is -0.0483. The smallest absolute Gasteiger partial charge is 0.220 e. The van der Waals surface area contributed by atoms with Crippen LogP contribution in [0.1, 0.15) is 23.9 Å². The van der Waals surface area contributed by atoms with Crippen LogP contribution < -0.4 is 10.1 Å². The number of hydrogen-bond acceptors (Lipinski definition) is 5. The zero-order valence-corrected chi connectivity index (χ0v) is 18.1. The molecule has 0 saturated heterocycles. The summed E-state index contributed by atoms with van der Waals surface area (Å²) in [6.07, 6.45) is 2.36. The molecule has 3 aromatic rings. The van der Waals surface area contributed by atoms with Crippen LogP contribution in [-0.4, -0.2) is 43.5 Å². The van der Waals surface area contributed by atoms with E-state index in [1.807, 2.05) is 56.6 Å². The highest BCUT2D eigenvalue weighted by Gasteiger charge is 2.16. The lowest BCUT2D eigenvalue weighted by Gasteiger charge is -2.25. The first kappa shape index (κ1) is 21.9. The Morgan fingerprint density at radius 3 is 2.60 bits per heavy atom. The number of aromatic nitrogens is 1. The number of benzene rings is 2. The molecule has 1 amide bonds. The molecular weight excluding hydrogens is 402 g/mol. The van der Waals surface area contributed by atoms with E-state index in [-0.39, 0.29) is 11.9 Å². The molecule has 0 radical (unpaired) electrons. The van der Waals surface area contributed by atoms with Crippen molar-refractivity contribution in [1.29, 1.82) is 0 Å². The van der Waals surface area contributed by atoms with E-state index in [9.17, 15) is 4.79 Å². The summed E-state index contributed by atoms with van der Waals surface area (Å²) in [4.78, 5) is 18.7. The predicted molar refractivity (Wildman–Crippen MR) is 118 cm³/mol. The molecule has 7 heteroatoms. The van der Waals surface area contributed by atoms with E-state index in [1.165, 1.54) is 0 Å². The van der Waals surface area contributed by atoms with E-state index >= 15 is 0 Å². The lowest BCUT2D eigenvalue weighted by Crippen LogP contribution is -2.34. The third-order valence-corrected chi connectivity index (χ3v) is 5.20. The van der Waals surface area contributed by atoms with Gasteiger partial charge in [-0.25, -0.2) is 4.98 Å². The number of likely N-dealkylation sites (N-methyl/N-ethyl adjacent to an activating group) is 1. The third kappa shape index (κ3) is 5.62. The number of carbonyl (C=O) groups excluding carboxylic acids is 1. The molecule has 1 atom stereocenters. The van der Waals surface area contributed by atoms with Crippen LogP contribution in [0.25, 0.3) is 11.3 Å². The highest BCUT2D eigenvalue weighted by atomic mass is 35.5. The fourth-order valence-electron chi connectivity index (χ4n) is 3.16. The number of oxazole rings is 1. The van der Waals surface area contributed by atoms with Crippen molar-refractivity contribution in [2.45, 2.75) is 18.9 Å². The molecule has 6 nitrogen and oxygen atoms in total. The van der Waals surface area contributed by atoms with Crippen LogP contribution in [0.2, 0.25) is 5.02 Å². The van der Waals surface area contributed by atoms with Gasteiger partial charge in [0.1, 0.15) is 5.75 Å². The average Bonchev–Trinajstić information content (AvgIpc) is 3.22. The van der Waals surface area contributed by atoms with Crippen molar-refractivity contribution in [2.75, 3.05) is 27.7 Å². The Kier molecular flexibility index (Phi) is 7.49. The van der Waals surface area contributed by atoms with Crippen molar-refractivity contribution in [1.82, 2.24) is 15.2 Å². The second-order valence-electron chi connectivity index (χ2n) is 7.15. The zero-order chi connectivity index (χ0) is 21.5. The van der Waals surface area contributed by atoms with Crippen LogP contribution >= 0.6 is 11.6 Å². The van der Waals surface area contributed by atoms with Gasteiger partial charge in [-0.15, -0.1) is 0 Å². The van der Waals surface area contributed by atoms with Gasteiger partial charge in [0, 0.05) is 24.9 Å². The van der Waals surface area contributed by atoms with Crippen molar-refractivity contribution in [3.63, 3.8) is 0 Å². The van der Waals surface area contributed by atoms with Gasteiger partial charge < -0.3 is 19.4 Å². The number of nitrogens with one attached hydrogen (secondary N) is 1. The monoisotopic (exact) mass is 427 g/mol. The molecule has 0 fully saturated rings. The summed E-state index contributed by atoms with van der Waals surface area (Å²) in [5.41, 5.74) is 1.90. The number of hydrogen-bond donors (Lipinski definition) is 1. The molecule has 0 spiro atoms. The predicted octanol–water partition coefficient (Wildman–Crippen LogP) is 4.36. The van der Waals surface area contributed by atoms with Gasteiger partial charge in [-0.1, -0.05) is 35.9 Å². The van der Waals surface area contributed by atoms with Gasteiger partial charge in [-0.05, 0) is 43.9 Å². The van der Waals surface area contributed by atoms with Crippen LogP contribution in [0.5, 0.6) is 5.75 Å². The van der Waals surface area contributed by atoms with E-state index in [2.05, 4.69) is 15.2 Å². The fraction of sp³-hybridized carbons (Fsp3) is 0.304. The third-order valence-electron chi connectivity index (χ3n) is 4.88. The maximum Gasteiger partial charge on any atom is 0.220 e. The molecule has 0 aliphatic heterocycles. The van der Waals surface area contributed by atoms with Crippen molar-refractivity contribution < 1.29 is 13.9 Å². The number of nitrogens with zero attached hydrogens (tertiary/aromatic N) is 2. The van der Waals surface area contributed by atoms with Gasteiger partial charge in [0.25, 0.3) is 0 Å². The lowest BCUT2D eigenvalue weighted by atomic mass is 10.1. The molecule has 0 aliphatic rings. The van der Waals surface area contributed by atoms with Gasteiger partial charge in [-0.3, -0.25) is 4.79 Å². The number of amides is 1. The summed E-state index contributed by atoms with van der Waals surface area (Å²) in [6.45, 7) is 0.509. The van der Waals surface area contributed by atoms with Gasteiger partial charge >= 0.3 is 0 Å². The minimum Gasteiger partial charge on any atom is -0.497 e. The van der Waals surface area contributed by atoms with Gasteiger partial charge in [-0.2, -0.15) is 0 Å². The summed E-state index contributed by atoms with van der Waals surface area (Å²) in [5, 5.41) is 3.61. The van der Waals surface area contributed by atoms with Crippen molar-refractivity contribution in [3.8, 4) is 17.1 Å². The van der Waals surface area contributed by atoms with Crippen LogP contribution in [0.4, 0.5) is 0 Å². The van der Waals surface area contributed by atoms with Crippen LogP contribution in [-0.2, 0) is 11.2 Å². The van der Waals surface area contributed by atoms with Crippen LogP contribution in [0, 0.1) is 0 Å². The molecule has 1 heterocycles. The molecule has 30 heavy (non-hydrogen) atoms. The number of rotatable bonds is 9. The second-order valence-corrected chi connectivity index (χ2v) is 7.56. The number of aryl methyl sites for hydroxylation is 1. The number of ether oxygens (including phenoxy) is 1. The Labute approximate surface area is 181 Å². The molecule has 0 aliphatic carbocycles. The maximum atomic E-state index is 12.4. The fourth-order valence-corrected chi connectivity index (χ4v) is 3.38. The second kappa shape index (κ2) is 10.3. The number of carbonyl (C=O) groups is 1. The Morgan fingerprint density at radius 1 is 1.20 bits per heavy atom. The first-order valence-electron chi connectivity index (χ1n) is 9.74. The first-order valence-corrected chi connectivity index (χ1v) is 10.1. The quantitative estimate of drug-likeness (QED) is 0.549. The standard InChI is InChI=1S/C23H26ClN3O3/c1-27(2)20(16-8-10-17(29-3)11-9-16)14-25-22(28)12-13-23-26-15-21(30-23)18-6-4-5-7-19(18)24/h4-11,15,20H,12-14H2,1-3H3,(H,25,28). The molecule has 158 valence electrons. The number of methoxy groups -OCH3 is 1. The summed E-state index contributed by atoms with van der Waals surface area (Å²) in [5.74, 6) is 1.87. The topological polar surface area (TPSA) is 67.6 Å². The summed E-state index contributed by atoms with van der Waals surface area (Å²) >= 11 is 6.20. The molecular formula is C23H26ClN3O3. The Balaban J connectivity index is 1.53. The molecule has 0 saturated carbocycles. The molecule has 0 bridgehead atoms. The molecule has 1 unspecified atom stereocenters. The van der Waals surface area contributed by atoms with Gasteiger partial charge in [0.15, 0.2) is 11.7 Å². The van der Waals surface area contributed by atoms with E-state index < -0.39 is 0 Å². The van der Waals surface area contributed by atoms with Crippen molar-refractivity contribution in [2.24, 2.45) is 0 Å². The van der Waals surface area contributed by atoms with Gasteiger partial charge in [0.2, 0.25) is 5.91 Å². The average molecular weight is 428 g/mol. The minimum absolute atomic E-state index is 0.0483. The Morgan fingerprint density at radius 2 is 1.93 bits per heavy atom. The van der Waals surface area contributed by atoms with E-state index in [4.69, 9.17) is 20.8 Å². The highest BCUT2D eigenvalue weighted by molar-refractivity contribution is 6.33. The highest BCUT2D eigenvalue weighted by Crippen LogP contribution is 2.28. The van der Waals surface area contributed by atoms with Gasteiger partial charge in [0.05, 0.1) is 24.4 Å². The lowest BCUT2D eigenvalue weighted by molar-refractivity contribution is -0.121. The van der Waals surface area contributed by atoms with Crippen LogP contribution in [0.15, 0.2) is 59.1 Å². The van der Waals surface area contributed by atoms with E-state index in [0.717, 1.165) is 16.9 Å². The summed E-state index contributed by atoms with van der Waals surface area (Å²) in [6, 6.07) is 15.4. The molecule has 3 rings (SSSR count). The summed E-state index contributed by atoms with van der Waals surface area (Å²) in [7, 11) is 5.62. The maximum absolute atomic E-state index is 12.4. The Hall–Kier alpha value is -2.83. The first-order chi connectivity index (χ1) is 14.5. The summed E-state index contributed by atoms with van der Waals surface area (Å²) < 4.78 is 11.0.